The second kappa shape index (κ2) is 8.47. The summed E-state index contributed by atoms with van der Waals surface area (Å²) in [6.45, 7) is 5.36. The summed E-state index contributed by atoms with van der Waals surface area (Å²) in [6, 6.07) is 15.6. The average molecular weight is 411 g/mol. The number of ether oxygens (including phenoxy) is 1. The van der Waals surface area contributed by atoms with Gasteiger partial charge in [-0.2, -0.15) is 0 Å². The summed E-state index contributed by atoms with van der Waals surface area (Å²) in [7, 11) is 0. The third-order valence-electron chi connectivity index (χ3n) is 5.44. The normalized spacial score (nSPS) is 22.1. The molecule has 29 heavy (non-hydrogen) atoms. The van der Waals surface area contributed by atoms with Gasteiger partial charge in [0.25, 0.3) is 5.91 Å². The summed E-state index contributed by atoms with van der Waals surface area (Å²) >= 11 is 1.58. The van der Waals surface area contributed by atoms with Gasteiger partial charge in [-0.1, -0.05) is 23.9 Å². The molecule has 1 amide bonds. The Morgan fingerprint density at radius 3 is 2.69 bits per heavy atom. The van der Waals surface area contributed by atoms with E-state index in [1.807, 2.05) is 48.5 Å². The Kier molecular flexibility index (Phi) is 5.78. The van der Waals surface area contributed by atoms with Crippen LogP contribution in [0.15, 0.2) is 53.5 Å². The third kappa shape index (κ3) is 4.57. The molecule has 0 spiro atoms. The van der Waals surface area contributed by atoms with Gasteiger partial charge in [0.15, 0.2) is 5.17 Å². The van der Waals surface area contributed by atoms with Crippen molar-refractivity contribution in [2.75, 3.05) is 42.3 Å². The second-order valence-corrected chi connectivity index (χ2v) is 8.62. The van der Waals surface area contributed by atoms with Gasteiger partial charge < -0.3 is 20.7 Å². The van der Waals surface area contributed by atoms with E-state index >= 15 is 0 Å². The van der Waals surface area contributed by atoms with Crippen molar-refractivity contribution in [1.29, 1.82) is 0 Å². The van der Waals surface area contributed by atoms with Crippen LogP contribution in [0.25, 0.3) is 0 Å². The molecule has 2 aromatic rings. The Morgan fingerprint density at radius 2 is 1.97 bits per heavy atom. The lowest BCUT2D eigenvalue weighted by molar-refractivity contribution is 0.102. The van der Waals surface area contributed by atoms with E-state index in [2.05, 4.69) is 22.1 Å². The zero-order valence-corrected chi connectivity index (χ0v) is 17.4. The van der Waals surface area contributed by atoms with Crippen LogP contribution in [0.1, 0.15) is 29.3 Å². The van der Waals surface area contributed by atoms with E-state index in [1.165, 1.54) is 0 Å². The Balaban J connectivity index is 1.47. The van der Waals surface area contributed by atoms with Gasteiger partial charge in [0, 0.05) is 35.8 Å². The molecule has 1 atom stereocenters. The molecule has 152 valence electrons. The van der Waals surface area contributed by atoms with Gasteiger partial charge >= 0.3 is 0 Å². The quantitative estimate of drug-likeness (QED) is 0.807. The minimum Gasteiger partial charge on any atom is -0.379 e. The Labute approximate surface area is 175 Å². The van der Waals surface area contributed by atoms with Crippen molar-refractivity contribution < 1.29 is 9.53 Å². The van der Waals surface area contributed by atoms with Crippen molar-refractivity contribution in [2.24, 2.45) is 10.7 Å². The highest BCUT2D eigenvalue weighted by Crippen LogP contribution is 2.35. The number of benzene rings is 2. The Bertz CT molecular complexity index is 909. The first-order valence-corrected chi connectivity index (χ1v) is 10.8. The zero-order valence-electron chi connectivity index (χ0n) is 16.6. The largest absolute Gasteiger partial charge is 0.379 e. The molecule has 0 saturated carbocycles. The number of carbonyl (C=O) groups is 1. The zero-order chi connectivity index (χ0) is 20.3. The third-order valence-corrected chi connectivity index (χ3v) is 6.24. The number of morpholine rings is 1. The maximum Gasteiger partial charge on any atom is 0.255 e. The number of amidine groups is 1. The van der Waals surface area contributed by atoms with Gasteiger partial charge in [-0.15, -0.1) is 0 Å². The number of anilines is 2. The lowest BCUT2D eigenvalue weighted by Gasteiger charge is -2.30. The summed E-state index contributed by atoms with van der Waals surface area (Å²) in [5, 5.41) is 3.60. The summed E-state index contributed by atoms with van der Waals surface area (Å²) < 4.78 is 5.40. The molecule has 1 saturated heterocycles. The molecule has 0 radical (unpaired) electrons. The number of aliphatic imine (C=N–C) groups is 1. The predicted molar refractivity (Wildman–Crippen MR) is 120 cm³/mol. The van der Waals surface area contributed by atoms with Crippen LogP contribution >= 0.6 is 11.8 Å². The van der Waals surface area contributed by atoms with Crippen LogP contribution < -0.4 is 16.0 Å². The van der Waals surface area contributed by atoms with Crippen molar-refractivity contribution in [3.05, 3.63) is 59.7 Å². The fourth-order valence-electron chi connectivity index (χ4n) is 3.67. The van der Waals surface area contributed by atoms with Crippen LogP contribution in [0.3, 0.4) is 0 Å². The van der Waals surface area contributed by atoms with Crippen LogP contribution in [-0.4, -0.2) is 43.1 Å². The van der Waals surface area contributed by atoms with Gasteiger partial charge in [0.1, 0.15) is 0 Å². The molecule has 6 nitrogen and oxygen atoms in total. The van der Waals surface area contributed by atoms with Crippen molar-refractivity contribution in [1.82, 2.24) is 0 Å². The van der Waals surface area contributed by atoms with Crippen molar-refractivity contribution in [3.63, 3.8) is 0 Å². The molecular weight excluding hydrogens is 384 g/mol. The number of thioether (sulfide) groups is 1. The minimum absolute atomic E-state index is 0.128. The molecule has 7 heteroatoms. The van der Waals surface area contributed by atoms with E-state index in [9.17, 15) is 4.79 Å². The fraction of sp³-hybridized carbons (Fsp3) is 0.364. The highest BCUT2D eigenvalue weighted by atomic mass is 32.2. The SMILES string of the molecule is CC1(c2cccc(C(=O)Nc3ccc(N4CCOCC4)cc3)c2)CCSC(N)=N1. The first kappa shape index (κ1) is 19.8. The topological polar surface area (TPSA) is 80.0 Å². The predicted octanol–water partition coefficient (Wildman–Crippen LogP) is 3.44. The van der Waals surface area contributed by atoms with Crippen LogP contribution in [0, 0.1) is 0 Å². The summed E-state index contributed by atoms with van der Waals surface area (Å²) in [5.74, 6) is 0.800. The monoisotopic (exact) mass is 410 g/mol. The summed E-state index contributed by atoms with van der Waals surface area (Å²) in [6.07, 6.45) is 0.895. The molecule has 0 bridgehead atoms. The standard InChI is InChI=1S/C22H26N4O2S/c1-22(9-14-29-21(23)25-22)17-4-2-3-16(15-17)20(27)24-18-5-7-19(8-6-18)26-10-12-28-13-11-26/h2-8,15H,9-14H2,1H3,(H2,23,25)(H,24,27). The van der Waals surface area contributed by atoms with Crippen molar-refractivity contribution in [2.45, 2.75) is 18.9 Å². The minimum atomic E-state index is -0.384. The smallest absolute Gasteiger partial charge is 0.255 e. The van der Waals surface area contributed by atoms with Gasteiger partial charge in [0.2, 0.25) is 0 Å². The van der Waals surface area contributed by atoms with Gasteiger partial charge in [-0.3, -0.25) is 9.79 Å². The fourth-order valence-corrected chi connectivity index (χ4v) is 4.65. The van der Waals surface area contributed by atoms with E-state index in [-0.39, 0.29) is 11.4 Å². The van der Waals surface area contributed by atoms with Gasteiger partial charge in [-0.25, -0.2) is 0 Å². The molecule has 2 heterocycles. The number of nitrogens with zero attached hydrogens (tertiary/aromatic N) is 2. The molecule has 0 aromatic heterocycles. The molecule has 2 aromatic carbocycles. The Morgan fingerprint density at radius 1 is 1.21 bits per heavy atom. The molecule has 4 rings (SSSR count). The van der Waals surface area contributed by atoms with E-state index < -0.39 is 0 Å². The number of nitrogens with one attached hydrogen (secondary N) is 1. The van der Waals surface area contributed by atoms with E-state index in [4.69, 9.17) is 10.5 Å². The van der Waals surface area contributed by atoms with E-state index in [1.54, 1.807) is 11.8 Å². The van der Waals surface area contributed by atoms with Gasteiger partial charge in [0.05, 0.1) is 18.8 Å². The first-order valence-electron chi connectivity index (χ1n) is 9.86. The molecule has 1 fully saturated rings. The van der Waals surface area contributed by atoms with E-state index in [0.717, 1.165) is 55.4 Å². The number of amides is 1. The Hall–Kier alpha value is -2.51. The lowest BCUT2D eigenvalue weighted by Crippen LogP contribution is -2.36. The van der Waals surface area contributed by atoms with Crippen LogP contribution in [0.5, 0.6) is 0 Å². The number of hydrogen-bond acceptors (Lipinski definition) is 6. The summed E-state index contributed by atoms with van der Waals surface area (Å²) in [5.41, 5.74) is 9.11. The van der Waals surface area contributed by atoms with E-state index in [0.29, 0.717) is 10.7 Å². The van der Waals surface area contributed by atoms with Crippen molar-refractivity contribution >= 4 is 34.2 Å². The van der Waals surface area contributed by atoms with Crippen LogP contribution in [0.4, 0.5) is 11.4 Å². The second-order valence-electron chi connectivity index (χ2n) is 7.50. The molecule has 1 unspecified atom stereocenters. The maximum absolute atomic E-state index is 12.8. The molecule has 2 aliphatic heterocycles. The van der Waals surface area contributed by atoms with Crippen LogP contribution in [-0.2, 0) is 10.3 Å². The van der Waals surface area contributed by atoms with Crippen molar-refractivity contribution in [3.8, 4) is 0 Å². The molecule has 3 N–H and O–H groups in total. The average Bonchev–Trinajstić information content (AvgIpc) is 2.75. The molecular formula is C22H26N4O2S. The lowest BCUT2D eigenvalue weighted by atomic mass is 9.88. The number of nitrogens with two attached hydrogens (primary N) is 1. The van der Waals surface area contributed by atoms with Crippen LogP contribution in [0.2, 0.25) is 0 Å². The molecule has 2 aliphatic rings. The highest BCUT2D eigenvalue weighted by Gasteiger charge is 2.29. The summed E-state index contributed by atoms with van der Waals surface area (Å²) in [4.78, 5) is 19.7. The number of hydrogen-bond donors (Lipinski definition) is 2. The number of carbonyl (C=O) groups excluding carboxylic acids is 1. The highest BCUT2D eigenvalue weighted by molar-refractivity contribution is 8.13. The molecule has 0 aliphatic carbocycles. The maximum atomic E-state index is 12.8. The first-order chi connectivity index (χ1) is 14.0. The number of rotatable bonds is 4. The van der Waals surface area contributed by atoms with Gasteiger partial charge in [-0.05, 0) is 55.3 Å².